The lowest BCUT2D eigenvalue weighted by Crippen LogP contribution is -2.32. The molecule has 3 nitrogen and oxygen atoms in total. The Labute approximate surface area is 90.7 Å². The average molecular weight is 209 g/mol. The van der Waals surface area contributed by atoms with Crippen molar-refractivity contribution in [3.63, 3.8) is 0 Å². The maximum absolute atomic E-state index is 9.08. The van der Waals surface area contributed by atoms with Crippen molar-refractivity contribution in [2.45, 2.75) is 25.8 Å². The van der Waals surface area contributed by atoms with Gasteiger partial charge in [-0.2, -0.15) is 0 Å². The van der Waals surface area contributed by atoms with Crippen LogP contribution in [0.1, 0.15) is 19.1 Å². The van der Waals surface area contributed by atoms with Crippen molar-refractivity contribution in [3.8, 4) is 0 Å². The lowest BCUT2D eigenvalue weighted by molar-refractivity contribution is 0.200. The van der Waals surface area contributed by atoms with Gasteiger partial charge in [0.15, 0.2) is 0 Å². The van der Waals surface area contributed by atoms with Crippen molar-refractivity contribution in [3.05, 3.63) is 24.2 Å². The van der Waals surface area contributed by atoms with E-state index in [0.29, 0.717) is 18.6 Å². The first-order valence-corrected chi connectivity index (χ1v) is 5.67. The van der Waals surface area contributed by atoms with Gasteiger partial charge in [0.1, 0.15) is 5.76 Å². The minimum atomic E-state index is 0.323. The van der Waals surface area contributed by atoms with E-state index in [-0.39, 0.29) is 0 Å². The molecule has 0 amide bonds. The lowest BCUT2D eigenvalue weighted by atomic mass is 10.1. The van der Waals surface area contributed by atoms with E-state index < -0.39 is 0 Å². The highest BCUT2D eigenvalue weighted by molar-refractivity contribution is 5.00. The van der Waals surface area contributed by atoms with Crippen molar-refractivity contribution in [2.24, 2.45) is 5.92 Å². The van der Waals surface area contributed by atoms with Crippen molar-refractivity contribution >= 4 is 0 Å². The van der Waals surface area contributed by atoms with E-state index in [9.17, 15) is 0 Å². The summed E-state index contributed by atoms with van der Waals surface area (Å²) < 4.78 is 5.34. The molecule has 2 atom stereocenters. The number of nitrogens with zero attached hydrogens (tertiary/aromatic N) is 1. The van der Waals surface area contributed by atoms with Crippen LogP contribution >= 0.6 is 0 Å². The Kier molecular flexibility index (Phi) is 3.44. The molecule has 3 heteroatoms. The third-order valence-corrected chi connectivity index (χ3v) is 3.28. The summed E-state index contributed by atoms with van der Waals surface area (Å²) in [4.78, 5) is 2.43. The monoisotopic (exact) mass is 209 g/mol. The molecule has 1 aliphatic heterocycles. The lowest BCUT2D eigenvalue weighted by Gasteiger charge is -2.23. The molecule has 1 aromatic heterocycles. The van der Waals surface area contributed by atoms with Crippen LogP contribution in [-0.4, -0.2) is 35.7 Å². The summed E-state index contributed by atoms with van der Waals surface area (Å²) in [5.41, 5.74) is 0. The molecule has 1 aromatic rings. The van der Waals surface area contributed by atoms with Crippen LogP contribution in [0.5, 0.6) is 0 Å². The molecule has 0 aromatic carbocycles. The Bertz CT molecular complexity index is 284. The fourth-order valence-electron chi connectivity index (χ4n) is 2.26. The molecule has 15 heavy (non-hydrogen) atoms. The van der Waals surface area contributed by atoms with Gasteiger partial charge < -0.3 is 9.52 Å². The standard InChI is InChI=1S/C12H19NO2/c1-10(7-12-3-2-6-15-12)13-5-4-11(8-13)9-14/h2-3,6,10-11,14H,4-5,7-9H2,1H3. The quantitative estimate of drug-likeness (QED) is 0.817. The predicted octanol–water partition coefficient (Wildman–Crippen LogP) is 1.52. The Balaban J connectivity index is 1.84. The molecule has 2 unspecified atom stereocenters. The zero-order valence-electron chi connectivity index (χ0n) is 9.22. The van der Waals surface area contributed by atoms with Gasteiger partial charge in [-0.05, 0) is 37.9 Å². The van der Waals surface area contributed by atoms with E-state index in [1.54, 1.807) is 6.26 Å². The number of rotatable bonds is 4. The number of hydrogen-bond donors (Lipinski definition) is 1. The zero-order chi connectivity index (χ0) is 10.7. The SMILES string of the molecule is CC(Cc1ccco1)N1CCC(CO)C1. The van der Waals surface area contributed by atoms with Crippen LogP contribution in [0.4, 0.5) is 0 Å². The van der Waals surface area contributed by atoms with Gasteiger partial charge in [0.25, 0.3) is 0 Å². The summed E-state index contributed by atoms with van der Waals surface area (Å²) >= 11 is 0. The summed E-state index contributed by atoms with van der Waals surface area (Å²) in [6.45, 7) is 4.68. The van der Waals surface area contributed by atoms with Gasteiger partial charge in [0.2, 0.25) is 0 Å². The molecule has 84 valence electrons. The van der Waals surface area contributed by atoms with E-state index in [1.165, 1.54) is 0 Å². The molecule has 1 aliphatic rings. The molecular formula is C12H19NO2. The van der Waals surface area contributed by atoms with Gasteiger partial charge in [-0.15, -0.1) is 0 Å². The number of hydrogen-bond acceptors (Lipinski definition) is 3. The summed E-state index contributed by atoms with van der Waals surface area (Å²) in [7, 11) is 0. The second kappa shape index (κ2) is 4.81. The molecule has 0 radical (unpaired) electrons. The van der Waals surface area contributed by atoms with Crippen molar-refractivity contribution in [1.82, 2.24) is 4.90 Å². The minimum absolute atomic E-state index is 0.323. The molecule has 0 spiro atoms. The fourth-order valence-corrected chi connectivity index (χ4v) is 2.26. The van der Waals surface area contributed by atoms with Gasteiger partial charge in [0, 0.05) is 25.6 Å². The van der Waals surface area contributed by atoms with Crippen LogP contribution in [0.2, 0.25) is 0 Å². The van der Waals surface area contributed by atoms with Crippen LogP contribution in [0.3, 0.4) is 0 Å². The molecule has 0 saturated carbocycles. The van der Waals surface area contributed by atoms with Gasteiger partial charge in [-0.3, -0.25) is 4.90 Å². The molecule has 0 bridgehead atoms. The number of aliphatic hydroxyl groups is 1. The van der Waals surface area contributed by atoms with Crippen LogP contribution < -0.4 is 0 Å². The first-order valence-electron chi connectivity index (χ1n) is 5.67. The zero-order valence-corrected chi connectivity index (χ0v) is 9.22. The first-order chi connectivity index (χ1) is 7.29. The van der Waals surface area contributed by atoms with Gasteiger partial charge in [0.05, 0.1) is 6.26 Å². The molecule has 1 N–H and O–H groups in total. The highest BCUT2D eigenvalue weighted by Gasteiger charge is 2.25. The molecule has 1 saturated heterocycles. The second-order valence-electron chi connectivity index (χ2n) is 4.46. The summed E-state index contributed by atoms with van der Waals surface area (Å²) in [6, 6.07) is 4.46. The number of furan rings is 1. The van der Waals surface area contributed by atoms with Gasteiger partial charge in [-0.1, -0.05) is 0 Å². The van der Waals surface area contributed by atoms with E-state index in [2.05, 4.69) is 11.8 Å². The largest absolute Gasteiger partial charge is 0.469 e. The normalized spacial score (nSPS) is 24.5. The van der Waals surface area contributed by atoms with E-state index in [1.807, 2.05) is 12.1 Å². The van der Waals surface area contributed by atoms with Crippen LogP contribution in [0, 0.1) is 5.92 Å². The molecule has 2 heterocycles. The average Bonchev–Trinajstić information content (AvgIpc) is 2.86. The third-order valence-electron chi connectivity index (χ3n) is 3.28. The van der Waals surface area contributed by atoms with Crippen LogP contribution in [0.15, 0.2) is 22.8 Å². The smallest absolute Gasteiger partial charge is 0.105 e. The maximum Gasteiger partial charge on any atom is 0.105 e. The van der Waals surface area contributed by atoms with Gasteiger partial charge in [-0.25, -0.2) is 0 Å². The number of aliphatic hydroxyl groups excluding tert-OH is 1. The van der Waals surface area contributed by atoms with E-state index in [0.717, 1.165) is 31.7 Å². The number of likely N-dealkylation sites (tertiary alicyclic amines) is 1. The summed E-state index contributed by atoms with van der Waals surface area (Å²) in [5.74, 6) is 1.53. The topological polar surface area (TPSA) is 36.6 Å². The molecule has 1 fully saturated rings. The Hall–Kier alpha value is -0.800. The minimum Gasteiger partial charge on any atom is -0.469 e. The molecule has 0 aliphatic carbocycles. The van der Waals surface area contributed by atoms with Crippen molar-refractivity contribution in [1.29, 1.82) is 0 Å². The first kappa shape index (κ1) is 10.7. The molecule has 2 rings (SSSR count). The van der Waals surface area contributed by atoms with E-state index in [4.69, 9.17) is 9.52 Å². The van der Waals surface area contributed by atoms with E-state index >= 15 is 0 Å². The summed E-state index contributed by atoms with van der Waals surface area (Å²) in [6.07, 6.45) is 3.81. The molecular weight excluding hydrogens is 190 g/mol. The van der Waals surface area contributed by atoms with Crippen LogP contribution in [-0.2, 0) is 6.42 Å². The Morgan fingerprint density at radius 3 is 3.13 bits per heavy atom. The third kappa shape index (κ3) is 2.61. The Morgan fingerprint density at radius 2 is 2.53 bits per heavy atom. The van der Waals surface area contributed by atoms with Crippen molar-refractivity contribution < 1.29 is 9.52 Å². The van der Waals surface area contributed by atoms with Gasteiger partial charge >= 0.3 is 0 Å². The van der Waals surface area contributed by atoms with Crippen molar-refractivity contribution in [2.75, 3.05) is 19.7 Å². The fraction of sp³-hybridized carbons (Fsp3) is 0.667. The highest BCUT2D eigenvalue weighted by Crippen LogP contribution is 2.19. The second-order valence-corrected chi connectivity index (χ2v) is 4.46. The maximum atomic E-state index is 9.08. The Morgan fingerprint density at radius 1 is 1.67 bits per heavy atom. The predicted molar refractivity (Wildman–Crippen MR) is 58.6 cm³/mol. The highest BCUT2D eigenvalue weighted by atomic mass is 16.3. The summed E-state index contributed by atoms with van der Waals surface area (Å²) in [5, 5.41) is 9.08. The van der Waals surface area contributed by atoms with Crippen LogP contribution in [0.25, 0.3) is 0 Å².